The van der Waals surface area contributed by atoms with Crippen LogP contribution in [0, 0.1) is 0 Å². The third-order valence-corrected chi connectivity index (χ3v) is 0. The maximum absolute atomic E-state index is 4.85. The van der Waals surface area contributed by atoms with Crippen LogP contribution in [0.25, 0.3) is 0 Å². The van der Waals surface area contributed by atoms with Gasteiger partial charge in [-0.1, -0.05) is 0 Å². The van der Waals surface area contributed by atoms with Gasteiger partial charge in [-0.2, -0.15) is 0 Å². The van der Waals surface area contributed by atoms with Gasteiger partial charge in [0.05, 0.1) is 0 Å². The number of halogens is 1. The van der Waals surface area contributed by atoms with E-state index in [0.29, 0.717) is 0 Å². The van der Waals surface area contributed by atoms with Crippen LogP contribution in [0.1, 0.15) is 0 Å². The first-order valence-corrected chi connectivity index (χ1v) is 4.52. The summed E-state index contributed by atoms with van der Waals surface area (Å²) in [6.07, 6.45) is 0. The normalized spacial score (nSPS) is 20.2. The van der Waals surface area contributed by atoms with E-state index in [1.165, 1.54) is 0 Å². The molecule has 0 aromatic rings. The van der Waals surface area contributed by atoms with Crippen molar-refractivity contribution in [3.63, 3.8) is 0 Å². The molecular formula is H13ClN6Ni. The van der Waals surface area contributed by atoms with Crippen LogP contribution in [0.4, 0.5) is 0 Å². The first kappa shape index (κ1) is 11.4. The molecule has 0 aliphatic carbocycles. The Kier molecular flexibility index (Phi) is 1.90. The van der Waals surface area contributed by atoms with Crippen LogP contribution in [0.15, 0.2) is 0 Å². The van der Waals surface area contributed by atoms with Gasteiger partial charge in [0.2, 0.25) is 0 Å². The molecule has 0 aliphatic rings. The van der Waals surface area contributed by atoms with Gasteiger partial charge in [-0.05, 0) is 0 Å². The van der Waals surface area contributed by atoms with Crippen LogP contribution in [0.5, 0.6) is 0 Å². The maximum atomic E-state index is 4.85. The summed E-state index contributed by atoms with van der Waals surface area (Å²) in [6.45, 7) is 0. The molecule has 0 amide bonds. The molecule has 0 atom stereocenters. The number of rotatable bonds is 0. The molecule has 0 saturated carbocycles. The van der Waals surface area contributed by atoms with Crippen molar-refractivity contribution in [2.75, 3.05) is 0 Å². The molecule has 0 saturated heterocycles. The molecule has 0 radical (unpaired) electrons. The second kappa shape index (κ2) is 1.34. The molecule has 60 valence electrons. The van der Waals surface area contributed by atoms with Crippen LogP contribution in [0.2, 0.25) is 0 Å². The van der Waals surface area contributed by atoms with E-state index in [-0.39, 0.29) is 12.4 Å². The van der Waals surface area contributed by atoms with E-state index in [1.807, 2.05) is 0 Å². The summed E-state index contributed by atoms with van der Waals surface area (Å²) in [7, 11) is 0. The summed E-state index contributed by atoms with van der Waals surface area (Å²) in [4.78, 5) is 29.1. The number of hydrogen-bond acceptors (Lipinski definition) is 6. The predicted molar refractivity (Wildman–Crippen MR) is 32.4 cm³/mol. The van der Waals surface area contributed by atoms with Crippen LogP contribution in [-0.2, 0) is 11.6 Å². The Morgan fingerprint density at radius 2 is 0.625 bits per heavy atom. The molecule has 0 aromatic heterocycles. The molecule has 8 heavy (non-hydrogen) atoms. The van der Waals surface area contributed by atoms with Crippen LogP contribution < -0.4 is 28.9 Å². The van der Waals surface area contributed by atoms with Crippen LogP contribution in [-0.4, -0.2) is 0 Å². The van der Waals surface area contributed by atoms with Crippen molar-refractivity contribution in [1.29, 1.82) is 0 Å². The van der Waals surface area contributed by atoms with Crippen molar-refractivity contribution < 1.29 is 11.6 Å². The van der Waals surface area contributed by atoms with Gasteiger partial charge in [0.1, 0.15) is 0 Å². The molecule has 12 N–H and O–H groups in total. The second-order valence-corrected chi connectivity index (χ2v) is 6.52. The standard InChI is InChI=1S/ClH.6H2N.Ni/h1H;6*1H2;/q;6*-1;+6. The summed E-state index contributed by atoms with van der Waals surface area (Å²) in [5.74, 6) is 0. The Balaban J connectivity index is 0. The van der Waals surface area contributed by atoms with Crippen molar-refractivity contribution in [1.82, 2.24) is 0 Å². The molecule has 0 aliphatic heterocycles. The molecule has 0 unspecified atom stereocenters. The molecule has 0 heterocycles. The minimum absolute atomic E-state index is 0. The molecule has 0 bridgehead atoms. The molecule has 6 nitrogen and oxygen atoms in total. The van der Waals surface area contributed by atoms with E-state index in [0.717, 1.165) is 0 Å². The van der Waals surface area contributed by atoms with Crippen molar-refractivity contribution in [2.24, 2.45) is 28.9 Å². The topological polar surface area (TPSA) is 156 Å². The zero-order chi connectivity index (χ0) is 6.41. The van der Waals surface area contributed by atoms with Gasteiger partial charge in [0.25, 0.3) is 0 Å². The van der Waals surface area contributed by atoms with Gasteiger partial charge in [0.15, 0.2) is 0 Å². The molecule has 8 heteroatoms. The van der Waals surface area contributed by atoms with Gasteiger partial charge in [-0.25, -0.2) is 0 Å². The zero-order valence-corrected chi connectivity index (χ0v) is 5.99. The third-order valence-electron chi connectivity index (χ3n) is 0. The van der Waals surface area contributed by atoms with E-state index in [4.69, 9.17) is 28.9 Å². The van der Waals surface area contributed by atoms with E-state index in [2.05, 4.69) is 0 Å². The predicted octanol–water partition coefficient (Wildman–Crippen LogP) is -3.12. The minimum atomic E-state index is -4.54. The van der Waals surface area contributed by atoms with E-state index >= 15 is 0 Å². The van der Waals surface area contributed by atoms with E-state index in [1.54, 1.807) is 0 Å². The number of hydrogen-bond donors (Lipinski definition) is 6. The van der Waals surface area contributed by atoms with Gasteiger partial charge in [0, 0.05) is 0 Å². The SMILES string of the molecule is Cl.[NH2][Ni]([NH2])([NH2])([NH2])([NH2])[NH2]. The summed E-state index contributed by atoms with van der Waals surface area (Å²) >= 11 is -4.54. The van der Waals surface area contributed by atoms with Gasteiger partial charge in [-0.15, -0.1) is 12.4 Å². The molecule has 0 fully saturated rings. The van der Waals surface area contributed by atoms with E-state index in [9.17, 15) is 0 Å². The quantitative estimate of drug-likeness (QED) is 0.222. The van der Waals surface area contributed by atoms with Crippen molar-refractivity contribution >= 4 is 12.4 Å². The summed E-state index contributed by atoms with van der Waals surface area (Å²) in [6, 6.07) is 0. The van der Waals surface area contributed by atoms with Gasteiger partial charge < -0.3 is 0 Å². The average Bonchev–Trinajstić information content (AvgIpc) is 0.592. The zero-order valence-electron chi connectivity index (χ0n) is 4.19. The molecular weight excluding hydrogens is 178 g/mol. The summed E-state index contributed by atoms with van der Waals surface area (Å²) in [5.41, 5.74) is 0. The van der Waals surface area contributed by atoms with Crippen LogP contribution in [0.3, 0.4) is 0 Å². The first-order chi connectivity index (χ1) is 2.45. The van der Waals surface area contributed by atoms with Gasteiger partial charge in [-0.3, -0.25) is 0 Å². The molecule has 0 spiro atoms. The van der Waals surface area contributed by atoms with Crippen molar-refractivity contribution in [2.45, 2.75) is 0 Å². The monoisotopic (exact) mass is 190 g/mol. The van der Waals surface area contributed by atoms with E-state index < -0.39 is 11.6 Å². The van der Waals surface area contributed by atoms with Crippen LogP contribution >= 0.6 is 12.4 Å². The van der Waals surface area contributed by atoms with Gasteiger partial charge >= 0.3 is 40.5 Å². The fraction of sp³-hybridized carbons (Fsp3) is 0. The third kappa shape index (κ3) is 681. The first-order valence-electron chi connectivity index (χ1n) is 1.10. The Morgan fingerprint density at radius 3 is 0.625 bits per heavy atom. The molecule has 0 rings (SSSR count). The summed E-state index contributed by atoms with van der Waals surface area (Å²) in [5, 5.41) is 0. The second-order valence-electron chi connectivity index (χ2n) is 1.58. The average molecular weight is 191 g/mol. The fourth-order valence-corrected chi connectivity index (χ4v) is 0. The molecule has 0 aromatic carbocycles. The number of nitrogens with two attached hydrogens (primary N) is 6. The van der Waals surface area contributed by atoms with Crippen molar-refractivity contribution in [3.05, 3.63) is 0 Å². The Labute approximate surface area is 53.5 Å². The Hall–Kier alpha value is 0.544. The summed E-state index contributed by atoms with van der Waals surface area (Å²) < 4.78 is 0. The Morgan fingerprint density at radius 1 is 0.625 bits per heavy atom. The Bertz CT molecular complexity index is 67.1. The fourth-order valence-electron chi connectivity index (χ4n) is 0. The van der Waals surface area contributed by atoms with Crippen molar-refractivity contribution in [3.8, 4) is 0 Å².